The fourth-order valence-electron chi connectivity index (χ4n) is 0.618. The minimum atomic E-state index is -0.179. The summed E-state index contributed by atoms with van der Waals surface area (Å²) in [5.41, 5.74) is 5.37. The summed E-state index contributed by atoms with van der Waals surface area (Å²) < 4.78 is 12.4. The first-order valence-electron chi connectivity index (χ1n) is 2.78. The second kappa shape index (κ2) is 2.92. The van der Waals surface area contributed by atoms with Crippen molar-refractivity contribution in [2.24, 2.45) is 5.73 Å². The second-order valence-electron chi connectivity index (χ2n) is 1.79. The van der Waals surface area contributed by atoms with E-state index < -0.39 is 0 Å². The van der Waals surface area contributed by atoms with Crippen molar-refractivity contribution in [3.05, 3.63) is 22.3 Å². The summed E-state index contributed by atoms with van der Waals surface area (Å²) in [4.78, 5) is 0. The van der Waals surface area contributed by atoms with Crippen molar-refractivity contribution in [1.29, 1.82) is 0 Å². The van der Waals surface area contributed by atoms with E-state index in [2.05, 4.69) is 0 Å². The lowest BCUT2D eigenvalue weighted by Crippen LogP contribution is -1.89. The van der Waals surface area contributed by atoms with Crippen molar-refractivity contribution in [1.82, 2.24) is 0 Å². The van der Waals surface area contributed by atoms with Crippen LogP contribution in [0.15, 0.2) is 22.3 Å². The Balaban J connectivity index is 2.61. The van der Waals surface area contributed by atoms with Gasteiger partial charge in [0.25, 0.3) is 0 Å². The van der Waals surface area contributed by atoms with Gasteiger partial charge in [0.1, 0.15) is 0 Å². The highest BCUT2D eigenvalue weighted by molar-refractivity contribution is 8.06. The van der Waals surface area contributed by atoms with Gasteiger partial charge in [-0.2, -0.15) is 4.39 Å². The van der Waals surface area contributed by atoms with E-state index in [9.17, 15) is 4.39 Å². The number of nitrogens with two attached hydrogens (primary N) is 1. The van der Waals surface area contributed by atoms with E-state index in [4.69, 9.17) is 5.73 Å². The molecule has 1 aliphatic rings. The van der Waals surface area contributed by atoms with Crippen LogP contribution in [-0.4, -0.2) is 0 Å². The van der Waals surface area contributed by atoms with Crippen LogP contribution in [0.4, 0.5) is 4.39 Å². The highest BCUT2D eigenvalue weighted by Gasteiger charge is 2.00. The second-order valence-corrected chi connectivity index (χ2v) is 2.86. The fraction of sp³-hybridized carbons (Fsp3) is 0.333. The van der Waals surface area contributed by atoms with Gasteiger partial charge in [-0.25, -0.2) is 0 Å². The van der Waals surface area contributed by atoms with Crippen molar-refractivity contribution in [2.75, 3.05) is 0 Å². The highest BCUT2D eigenvalue weighted by Crippen LogP contribution is 2.26. The van der Waals surface area contributed by atoms with Crippen LogP contribution < -0.4 is 5.73 Å². The number of halogens is 1. The molecular formula is C6H8FNS. The number of thioether (sulfide) groups is 1. The minimum Gasteiger partial charge on any atom is -0.393 e. The molecule has 0 bridgehead atoms. The molecule has 1 aliphatic heterocycles. The van der Waals surface area contributed by atoms with Crippen LogP contribution in [0.5, 0.6) is 0 Å². The van der Waals surface area contributed by atoms with Crippen LogP contribution in [0.1, 0.15) is 12.8 Å². The molecule has 0 atom stereocenters. The SMILES string of the molecule is NC1=CCCC=C(F)S1. The van der Waals surface area contributed by atoms with Crippen LogP contribution in [0.25, 0.3) is 0 Å². The van der Waals surface area contributed by atoms with E-state index in [1.54, 1.807) is 6.08 Å². The molecule has 2 N–H and O–H groups in total. The van der Waals surface area contributed by atoms with Gasteiger partial charge in [-0.15, -0.1) is 0 Å². The molecule has 0 spiro atoms. The normalized spacial score (nSPS) is 20.1. The predicted octanol–water partition coefficient (Wildman–Crippen LogP) is 2.12. The van der Waals surface area contributed by atoms with Gasteiger partial charge in [0.15, 0.2) is 5.16 Å². The molecule has 0 aromatic heterocycles. The monoisotopic (exact) mass is 145 g/mol. The Morgan fingerprint density at radius 2 is 2.11 bits per heavy atom. The maximum atomic E-state index is 12.4. The first-order valence-corrected chi connectivity index (χ1v) is 3.60. The highest BCUT2D eigenvalue weighted by atomic mass is 32.2. The summed E-state index contributed by atoms with van der Waals surface area (Å²) in [6, 6.07) is 0. The van der Waals surface area contributed by atoms with Gasteiger partial charge in [-0.3, -0.25) is 0 Å². The van der Waals surface area contributed by atoms with E-state index in [1.165, 1.54) is 0 Å². The molecule has 0 saturated carbocycles. The van der Waals surface area contributed by atoms with E-state index >= 15 is 0 Å². The molecule has 0 aliphatic carbocycles. The van der Waals surface area contributed by atoms with Gasteiger partial charge in [0.2, 0.25) is 0 Å². The summed E-state index contributed by atoms with van der Waals surface area (Å²) in [7, 11) is 0. The Kier molecular flexibility index (Phi) is 2.16. The number of hydrogen-bond acceptors (Lipinski definition) is 2. The zero-order valence-electron chi connectivity index (χ0n) is 4.93. The Morgan fingerprint density at radius 3 is 2.89 bits per heavy atom. The summed E-state index contributed by atoms with van der Waals surface area (Å²) in [5, 5.41) is 0.391. The summed E-state index contributed by atoms with van der Waals surface area (Å²) in [6.07, 6.45) is 5.01. The van der Waals surface area contributed by atoms with Gasteiger partial charge in [0.05, 0.1) is 5.03 Å². The van der Waals surface area contributed by atoms with Gasteiger partial charge >= 0.3 is 0 Å². The molecule has 0 aromatic rings. The third-order valence-electron chi connectivity index (χ3n) is 1.03. The molecule has 0 fully saturated rings. The lowest BCUT2D eigenvalue weighted by Gasteiger charge is -1.91. The standard InChI is InChI=1S/C6H8FNS/c7-5-3-1-2-4-6(8)9-5/h3-4H,1-2,8H2. The molecule has 0 saturated heterocycles. The third kappa shape index (κ3) is 2.10. The Labute approximate surface area is 57.8 Å². The molecule has 9 heavy (non-hydrogen) atoms. The van der Waals surface area contributed by atoms with Crippen LogP contribution in [0, 0.1) is 0 Å². The molecule has 0 radical (unpaired) electrons. The number of rotatable bonds is 0. The lowest BCUT2D eigenvalue weighted by molar-refractivity contribution is 0.694. The molecule has 1 rings (SSSR count). The molecule has 0 amide bonds. The average Bonchev–Trinajstić information content (AvgIpc) is 1.93. The average molecular weight is 145 g/mol. The van der Waals surface area contributed by atoms with Crippen molar-refractivity contribution in [3.63, 3.8) is 0 Å². The first-order chi connectivity index (χ1) is 4.29. The van der Waals surface area contributed by atoms with Gasteiger partial charge in [0, 0.05) is 0 Å². The van der Waals surface area contributed by atoms with Crippen LogP contribution in [-0.2, 0) is 0 Å². The fourth-order valence-corrected chi connectivity index (χ4v) is 1.25. The van der Waals surface area contributed by atoms with Crippen molar-refractivity contribution in [3.8, 4) is 0 Å². The summed E-state index contributed by atoms with van der Waals surface area (Å²) in [6.45, 7) is 0. The Bertz CT molecular complexity index is 144. The van der Waals surface area contributed by atoms with Crippen molar-refractivity contribution < 1.29 is 4.39 Å². The molecule has 3 heteroatoms. The van der Waals surface area contributed by atoms with Crippen molar-refractivity contribution in [2.45, 2.75) is 12.8 Å². The van der Waals surface area contributed by atoms with Gasteiger partial charge in [-0.1, -0.05) is 6.08 Å². The van der Waals surface area contributed by atoms with Crippen molar-refractivity contribution >= 4 is 11.8 Å². The quantitative estimate of drug-likeness (QED) is 0.565. The van der Waals surface area contributed by atoms with E-state index in [-0.39, 0.29) is 5.16 Å². The van der Waals surface area contributed by atoms with Gasteiger partial charge < -0.3 is 5.73 Å². The molecule has 0 unspecified atom stereocenters. The third-order valence-corrected chi connectivity index (χ3v) is 1.80. The topological polar surface area (TPSA) is 26.0 Å². The first kappa shape index (κ1) is 6.68. The molecule has 1 nitrogen and oxygen atoms in total. The Hall–Kier alpha value is -0.440. The lowest BCUT2D eigenvalue weighted by atomic mass is 10.3. The largest absolute Gasteiger partial charge is 0.393 e. The van der Waals surface area contributed by atoms with E-state index in [0.717, 1.165) is 24.6 Å². The molecule has 0 aromatic carbocycles. The zero-order valence-corrected chi connectivity index (χ0v) is 5.75. The van der Waals surface area contributed by atoms with E-state index in [1.807, 2.05) is 6.08 Å². The predicted molar refractivity (Wildman–Crippen MR) is 38.3 cm³/mol. The number of hydrogen-bond donors (Lipinski definition) is 1. The van der Waals surface area contributed by atoms with Crippen LogP contribution in [0.2, 0.25) is 0 Å². The maximum absolute atomic E-state index is 12.4. The molecule has 1 heterocycles. The van der Waals surface area contributed by atoms with E-state index in [0.29, 0.717) is 5.03 Å². The van der Waals surface area contributed by atoms with Gasteiger partial charge in [-0.05, 0) is 30.7 Å². The maximum Gasteiger partial charge on any atom is 0.158 e. The molecular weight excluding hydrogens is 137 g/mol. The zero-order chi connectivity index (χ0) is 6.69. The van der Waals surface area contributed by atoms with Crippen LogP contribution >= 0.6 is 11.8 Å². The van der Waals surface area contributed by atoms with Crippen LogP contribution in [0.3, 0.4) is 0 Å². The summed E-state index contributed by atoms with van der Waals surface area (Å²) in [5.74, 6) is 0. The summed E-state index contributed by atoms with van der Waals surface area (Å²) >= 11 is 0.995. The smallest absolute Gasteiger partial charge is 0.158 e. The minimum absolute atomic E-state index is 0.179. The Morgan fingerprint density at radius 1 is 1.44 bits per heavy atom. The number of allylic oxidation sites excluding steroid dienone is 2. The molecule has 50 valence electrons.